The lowest BCUT2D eigenvalue weighted by Gasteiger charge is -2.34. The Morgan fingerprint density at radius 2 is 1.81 bits per heavy atom. The Kier molecular flexibility index (Phi) is 5.15. The molecule has 1 saturated heterocycles. The summed E-state index contributed by atoms with van der Waals surface area (Å²) in [5.74, 6) is 0.178. The van der Waals surface area contributed by atoms with E-state index in [0.29, 0.717) is 32.7 Å². The molecule has 3 heterocycles. The number of fused-ring (bicyclic) bond motifs is 1. The van der Waals surface area contributed by atoms with Gasteiger partial charge >= 0.3 is 0 Å². The minimum Gasteiger partial charge on any atom is -0.336 e. The molecule has 0 atom stereocenters. The van der Waals surface area contributed by atoms with Gasteiger partial charge in [0.1, 0.15) is 23.3 Å². The molecule has 2 aliphatic rings. The first-order valence-electron chi connectivity index (χ1n) is 9.49. The number of aromatic nitrogens is 3. The third-order valence-corrected chi connectivity index (χ3v) is 5.37. The molecule has 4 rings (SSSR count). The molecular formula is C19H23F2N5O. The second kappa shape index (κ2) is 7.72. The van der Waals surface area contributed by atoms with Crippen LogP contribution >= 0.6 is 0 Å². The van der Waals surface area contributed by atoms with Gasteiger partial charge in [0.25, 0.3) is 5.91 Å². The van der Waals surface area contributed by atoms with Crippen molar-refractivity contribution in [2.75, 3.05) is 26.2 Å². The third-order valence-electron chi connectivity index (χ3n) is 5.37. The van der Waals surface area contributed by atoms with Crippen LogP contribution in [0.3, 0.4) is 0 Å². The normalized spacial score (nSPS) is 18.2. The molecular weight excluding hydrogens is 352 g/mol. The molecule has 2 aliphatic heterocycles. The maximum absolute atomic E-state index is 13.9. The van der Waals surface area contributed by atoms with Crippen LogP contribution < -0.4 is 0 Å². The maximum atomic E-state index is 13.9. The topological polar surface area (TPSA) is 54.3 Å². The number of rotatable bonds is 3. The van der Waals surface area contributed by atoms with Crippen LogP contribution in [0.1, 0.15) is 41.3 Å². The van der Waals surface area contributed by atoms with Gasteiger partial charge < -0.3 is 9.47 Å². The van der Waals surface area contributed by atoms with Crippen LogP contribution in [0.25, 0.3) is 0 Å². The summed E-state index contributed by atoms with van der Waals surface area (Å²) in [6.45, 7) is 4.08. The molecule has 0 radical (unpaired) electrons. The highest BCUT2D eigenvalue weighted by Crippen LogP contribution is 2.17. The SMILES string of the molecule is O=C(c1ccc(F)cc1F)N1CCN(Cc2nnc3n2CCCCC3)CC1. The average molecular weight is 375 g/mol. The summed E-state index contributed by atoms with van der Waals surface area (Å²) in [5, 5.41) is 8.69. The molecule has 27 heavy (non-hydrogen) atoms. The van der Waals surface area contributed by atoms with Crippen LogP contribution in [0, 0.1) is 11.6 Å². The zero-order valence-electron chi connectivity index (χ0n) is 15.2. The Bertz CT molecular complexity index is 830. The number of hydrogen-bond acceptors (Lipinski definition) is 4. The van der Waals surface area contributed by atoms with Gasteiger partial charge in [0, 0.05) is 45.2 Å². The van der Waals surface area contributed by atoms with Crippen molar-refractivity contribution in [2.45, 2.75) is 38.8 Å². The lowest BCUT2D eigenvalue weighted by atomic mass is 10.1. The van der Waals surface area contributed by atoms with E-state index in [1.54, 1.807) is 4.90 Å². The fourth-order valence-corrected chi connectivity index (χ4v) is 3.80. The molecule has 1 amide bonds. The summed E-state index contributed by atoms with van der Waals surface area (Å²) in [5.41, 5.74) is -0.0763. The van der Waals surface area contributed by atoms with Crippen molar-refractivity contribution in [3.63, 3.8) is 0 Å². The highest BCUT2D eigenvalue weighted by Gasteiger charge is 2.25. The Hall–Kier alpha value is -2.35. The van der Waals surface area contributed by atoms with Gasteiger partial charge in [-0.2, -0.15) is 0 Å². The van der Waals surface area contributed by atoms with E-state index in [2.05, 4.69) is 19.7 Å². The van der Waals surface area contributed by atoms with E-state index in [1.807, 2.05) is 0 Å². The van der Waals surface area contributed by atoms with Gasteiger partial charge in [-0.25, -0.2) is 8.78 Å². The summed E-state index contributed by atoms with van der Waals surface area (Å²) in [6, 6.07) is 3.08. The van der Waals surface area contributed by atoms with Gasteiger partial charge in [0.2, 0.25) is 0 Å². The zero-order valence-corrected chi connectivity index (χ0v) is 15.2. The highest BCUT2D eigenvalue weighted by atomic mass is 19.1. The summed E-state index contributed by atoms with van der Waals surface area (Å²) in [4.78, 5) is 16.4. The second-order valence-corrected chi connectivity index (χ2v) is 7.19. The monoisotopic (exact) mass is 375 g/mol. The fourth-order valence-electron chi connectivity index (χ4n) is 3.80. The standard InChI is InChI=1S/C19H23F2N5O/c20-14-5-6-15(16(21)12-14)19(27)25-10-8-24(9-11-25)13-18-23-22-17-4-2-1-3-7-26(17)18/h5-6,12H,1-4,7-11,13H2. The number of piperazine rings is 1. The van der Waals surface area contributed by atoms with Crippen molar-refractivity contribution in [1.29, 1.82) is 0 Å². The van der Waals surface area contributed by atoms with Crippen LogP contribution in [-0.4, -0.2) is 56.7 Å². The number of benzene rings is 1. The second-order valence-electron chi connectivity index (χ2n) is 7.19. The van der Waals surface area contributed by atoms with Gasteiger partial charge in [-0.05, 0) is 25.0 Å². The lowest BCUT2D eigenvalue weighted by Crippen LogP contribution is -2.48. The molecule has 0 aliphatic carbocycles. The number of carbonyl (C=O) groups excluding carboxylic acids is 1. The fraction of sp³-hybridized carbons (Fsp3) is 0.526. The van der Waals surface area contributed by atoms with Crippen LogP contribution in [0.4, 0.5) is 8.78 Å². The summed E-state index contributed by atoms with van der Waals surface area (Å²) >= 11 is 0. The average Bonchev–Trinajstić information content (AvgIpc) is 2.88. The van der Waals surface area contributed by atoms with Crippen molar-refractivity contribution < 1.29 is 13.6 Å². The quantitative estimate of drug-likeness (QED) is 0.826. The molecule has 1 aromatic heterocycles. The molecule has 1 aromatic carbocycles. The molecule has 6 nitrogen and oxygen atoms in total. The first-order valence-corrected chi connectivity index (χ1v) is 9.49. The largest absolute Gasteiger partial charge is 0.336 e. The molecule has 0 saturated carbocycles. The van der Waals surface area contributed by atoms with Crippen molar-refractivity contribution in [3.05, 3.63) is 47.0 Å². The number of hydrogen-bond donors (Lipinski definition) is 0. The Labute approximate surface area is 156 Å². The van der Waals surface area contributed by atoms with E-state index in [1.165, 1.54) is 18.9 Å². The zero-order chi connectivity index (χ0) is 18.8. The molecule has 1 fully saturated rings. The van der Waals surface area contributed by atoms with E-state index < -0.39 is 11.6 Å². The van der Waals surface area contributed by atoms with Crippen LogP contribution in [0.2, 0.25) is 0 Å². The maximum Gasteiger partial charge on any atom is 0.256 e. The molecule has 8 heteroatoms. The Morgan fingerprint density at radius 3 is 2.59 bits per heavy atom. The third kappa shape index (κ3) is 3.85. The Morgan fingerprint density at radius 1 is 1.00 bits per heavy atom. The summed E-state index contributed by atoms with van der Waals surface area (Å²) < 4.78 is 29.1. The molecule has 0 spiro atoms. The van der Waals surface area contributed by atoms with Gasteiger partial charge in [-0.1, -0.05) is 6.42 Å². The molecule has 0 bridgehead atoms. The Balaban J connectivity index is 1.37. The number of aryl methyl sites for hydroxylation is 1. The minimum atomic E-state index is -0.811. The van der Waals surface area contributed by atoms with Gasteiger partial charge in [-0.15, -0.1) is 10.2 Å². The summed E-state index contributed by atoms with van der Waals surface area (Å²) in [6.07, 6.45) is 4.53. The van der Waals surface area contributed by atoms with Crippen molar-refractivity contribution in [1.82, 2.24) is 24.6 Å². The smallest absolute Gasteiger partial charge is 0.256 e. The van der Waals surface area contributed by atoms with E-state index in [-0.39, 0.29) is 11.5 Å². The first kappa shape index (κ1) is 18.0. The van der Waals surface area contributed by atoms with Gasteiger partial charge in [0.15, 0.2) is 0 Å². The van der Waals surface area contributed by atoms with E-state index in [0.717, 1.165) is 43.2 Å². The van der Waals surface area contributed by atoms with Crippen molar-refractivity contribution in [2.24, 2.45) is 0 Å². The minimum absolute atomic E-state index is 0.0763. The van der Waals surface area contributed by atoms with Gasteiger partial charge in [0.05, 0.1) is 12.1 Å². The number of nitrogens with zero attached hydrogens (tertiary/aromatic N) is 5. The number of carbonyl (C=O) groups is 1. The number of halogens is 2. The van der Waals surface area contributed by atoms with Crippen molar-refractivity contribution in [3.8, 4) is 0 Å². The van der Waals surface area contributed by atoms with Gasteiger partial charge in [-0.3, -0.25) is 9.69 Å². The highest BCUT2D eigenvalue weighted by molar-refractivity contribution is 5.94. The van der Waals surface area contributed by atoms with E-state index >= 15 is 0 Å². The molecule has 144 valence electrons. The van der Waals surface area contributed by atoms with Crippen LogP contribution in [0.15, 0.2) is 18.2 Å². The molecule has 0 unspecified atom stereocenters. The molecule has 2 aromatic rings. The first-order chi connectivity index (χ1) is 13.1. The predicted molar refractivity (Wildman–Crippen MR) is 95.1 cm³/mol. The van der Waals surface area contributed by atoms with Crippen LogP contribution in [-0.2, 0) is 19.5 Å². The van der Waals surface area contributed by atoms with E-state index in [9.17, 15) is 13.6 Å². The van der Waals surface area contributed by atoms with E-state index in [4.69, 9.17) is 0 Å². The predicted octanol–water partition coefficient (Wildman–Crippen LogP) is 2.24. The summed E-state index contributed by atoms with van der Waals surface area (Å²) in [7, 11) is 0. The number of amides is 1. The lowest BCUT2D eigenvalue weighted by molar-refractivity contribution is 0.0619. The van der Waals surface area contributed by atoms with Crippen molar-refractivity contribution >= 4 is 5.91 Å². The molecule has 0 N–H and O–H groups in total. The van der Waals surface area contributed by atoms with Crippen LogP contribution in [0.5, 0.6) is 0 Å².